The minimum absolute atomic E-state index is 0.234. The summed E-state index contributed by atoms with van der Waals surface area (Å²) >= 11 is 3.08. The van der Waals surface area contributed by atoms with E-state index in [-0.39, 0.29) is 5.91 Å². The lowest BCUT2D eigenvalue weighted by atomic mass is 10.3. The second kappa shape index (κ2) is 5.52. The molecule has 3 rings (SSSR count). The summed E-state index contributed by atoms with van der Waals surface area (Å²) in [5, 5.41) is 7.38. The standard InChI is InChI=1S/C14H11N3OS2/c1-9-4-2-6-12(15-9)17-13(18)10-8-20-14(16-10)11-5-3-7-19-11/h2-8H,1H3,(H,15,17,18). The second-order valence-corrected chi connectivity index (χ2v) is 5.94. The number of amides is 1. The van der Waals surface area contributed by atoms with Gasteiger partial charge in [-0.15, -0.1) is 22.7 Å². The van der Waals surface area contributed by atoms with Crippen molar-refractivity contribution in [3.8, 4) is 9.88 Å². The lowest BCUT2D eigenvalue weighted by Crippen LogP contribution is -2.13. The van der Waals surface area contributed by atoms with Crippen molar-refractivity contribution >= 4 is 34.4 Å². The van der Waals surface area contributed by atoms with Gasteiger partial charge in [0.15, 0.2) is 0 Å². The van der Waals surface area contributed by atoms with Gasteiger partial charge in [0.05, 0.1) is 4.88 Å². The van der Waals surface area contributed by atoms with Crippen molar-refractivity contribution in [1.29, 1.82) is 0 Å². The number of aromatic nitrogens is 2. The van der Waals surface area contributed by atoms with Crippen molar-refractivity contribution in [2.24, 2.45) is 0 Å². The summed E-state index contributed by atoms with van der Waals surface area (Å²) in [6, 6.07) is 9.46. The maximum atomic E-state index is 12.1. The first-order chi connectivity index (χ1) is 9.72. The number of thiophene rings is 1. The molecule has 0 aliphatic rings. The maximum absolute atomic E-state index is 12.1. The monoisotopic (exact) mass is 301 g/mol. The van der Waals surface area contributed by atoms with Crippen LogP contribution in [0.4, 0.5) is 5.82 Å². The molecule has 0 aliphatic carbocycles. The lowest BCUT2D eigenvalue weighted by Gasteiger charge is -2.02. The second-order valence-electron chi connectivity index (χ2n) is 4.13. The number of hydrogen-bond donors (Lipinski definition) is 1. The number of aryl methyl sites for hydroxylation is 1. The van der Waals surface area contributed by atoms with E-state index in [1.54, 1.807) is 22.8 Å². The van der Waals surface area contributed by atoms with Gasteiger partial charge in [-0.2, -0.15) is 0 Å². The van der Waals surface area contributed by atoms with Crippen LogP contribution in [-0.2, 0) is 0 Å². The predicted molar refractivity (Wildman–Crippen MR) is 82.4 cm³/mol. The molecule has 6 heteroatoms. The number of hydrogen-bond acceptors (Lipinski definition) is 5. The first-order valence-corrected chi connectivity index (χ1v) is 7.73. The summed E-state index contributed by atoms with van der Waals surface area (Å²) in [7, 11) is 0. The van der Waals surface area contributed by atoms with Crippen molar-refractivity contribution in [3.63, 3.8) is 0 Å². The molecule has 0 atom stereocenters. The number of carbonyl (C=O) groups is 1. The fraction of sp³-hybridized carbons (Fsp3) is 0.0714. The van der Waals surface area contributed by atoms with Crippen molar-refractivity contribution in [2.45, 2.75) is 6.92 Å². The van der Waals surface area contributed by atoms with Gasteiger partial charge >= 0.3 is 0 Å². The fourth-order valence-electron chi connectivity index (χ4n) is 1.68. The SMILES string of the molecule is Cc1cccc(NC(=O)c2csc(-c3cccs3)n2)n1. The van der Waals surface area contributed by atoms with E-state index in [4.69, 9.17) is 0 Å². The third-order valence-corrected chi connectivity index (χ3v) is 4.48. The molecule has 1 N–H and O–H groups in total. The minimum Gasteiger partial charge on any atom is -0.305 e. The Morgan fingerprint density at radius 3 is 2.80 bits per heavy atom. The Labute approximate surface area is 124 Å². The number of rotatable bonds is 3. The Hall–Kier alpha value is -2.05. The molecule has 0 aromatic carbocycles. The number of anilines is 1. The molecule has 3 heterocycles. The van der Waals surface area contributed by atoms with Crippen LogP contribution in [0.3, 0.4) is 0 Å². The van der Waals surface area contributed by atoms with E-state index >= 15 is 0 Å². The number of nitrogens with zero attached hydrogens (tertiary/aromatic N) is 2. The van der Waals surface area contributed by atoms with Crippen LogP contribution in [0.25, 0.3) is 9.88 Å². The van der Waals surface area contributed by atoms with Gasteiger partial charge in [0, 0.05) is 11.1 Å². The van der Waals surface area contributed by atoms with E-state index in [0.29, 0.717) is 11.5 Å². The van der Waals surface area contributed by atoms with E-state index in [0.717, 1.165) is 15.6 Å². The van der Waals surface area contributed by atoms with Gasteiger partial charge in [0.25, 0.3) is 5.91 Å². The predicted octanol–water partition coefficient (Wildman–Crippen LogP) is 3.83. The van der Waals surface area contributed by atoms with E-state index in [1.807, 2.05) is 36.6 Å². The molecule has 0 unspecified atom stereocenters. The number of carbonyl (C=O) groups excluding carboxylic acids is 1. The third-order valence-electron chi connectivity index (χ3n) is 2.60. The summed E-state index contributed by atoms with van der Waals surface area (Å²) in [6.07, 6.45) is 0. The normalized spacial score (nSPS) is 10.4. The minimum atomic E-state index is -0.234. The Morgan fingerprint density at radius 1 is 1.15 bits per heavy atom. The van der Waals surface area contributed by atoms with Crippen LogP contribution in [0.2, 0.25) is 0 Å². The third kappa shape index (κ3) is 2.76. The summed E-state index contributed by atoms with van der Waals surface area (Å²) in [4.78, 5) is 21.8. The fourth-order valence-corrected chi connectivity index (χ4v) is 3.30. The highest BCUT2D eigenvalue weighted by Crippen LogP contribution is 2.27. The van der Waals surface area contributed by atoms with Crippen molar-refractivity contribution < 1.29 is 4.79 Å². The molecule has 0 bridgehead atoms. The summed E-state index contributed by atoms with van der Waals surface area (Å²) < 4.78 is 0. The van der Waals surface area contributed by atoms with Gasteiger partial charge in [0.1, 0.15) is 16.5 Å². The molecule has 0 radical (unpaired) electrons. The van der Waals surface area contributed by atoms with Crippen LogP contribution in [0.5, 0.6) is 0 Å². The molecule has 0 saturated carbocycles. The topological polar surface area (TPSA) is 54.9 Å². The zero-order valence-corrected chi connectivity index (χ0v) is 12.3. The Kier molecular flexibility index (Phi) is 3.58. The van der Waals surface area contributed by atoms with Gasteiger partial charge in [-0.3, -0.25) is 4.79 Å². The van der Waals surface area contributed by atoms with E-state index in [9.17, 15) is 4.79 Å². The van der Waals surface area contributed by atoms with Crippen LogP contribution < -0.4 is 5.32 Å². The van der Waals surface area contributed by atoms with Gasteiger partial charge in [-0.05, 0) is 30.5 Å². The average molecular weight is 301 g/mol. The zero-order chi connectivity index (χ0) is 13.9. The molecule has 3 aromatic heterocycles. The van der Waals surface area contributed by atoms with Crippen molar-refractivity contribution in [2.75, 3.05) is 5.32 Å². The van der Waals surface area contributed by atoms with Crippen LogP contribution in [0.15, 0.2) is 41.1 Å². The van der Waals surface area contributed by atoms with Gasteiger partial charge in [-0.25, -0.2) is 9.97 Å². The molecule has 4 nitrogen and oxygen atoms in total. The largest absolute Gasteiger partial charge is 0.305 e. The lowest BCUT2D eigenvalue weighted by molar-refractivity contribution is 0.102. The molecular formula is C14H11N3OS2. The van der Waals surface area contributed by atoms with E-state index in [1.165, 1.54) is 11.3 Å². The van der Waals surface area contributed by atoms with E-state index < -0.39 is 0 Å². The smallest absolute Gasteiger partial charge is 0.276 e. The molecule has 0 fully saturated rings. The zero-order valence-electron chi connectivity index (χ0n) is 10.7. The van der Waals surface area contributed by atoms with Crippen LogP contribution in [0.1, 0.15) is 16.2 Å². The average Bonchev–Trinajstić information content (AvgIpc) is 3.10. The molecule has 1 amide bonds. The molecule has 0 spiro atoms. The van der Waals surface area contributed by atoms with Crippen LogP contribution in [0, 0.1) is 6.92 Å². The van der Waals surface area contributed by atoms with Crippen LogP contribution >= 0.6 is 22.7 Å². The molecule has 3 aromatic rings. The number of thiazole rings is 1. The summed E-state index contributed by atoms with van der Waals surface area (Å²) in [5.74, 6) is 0.308. The Bertz CT molecular complexity index is 734. The van der Waals surface area contributed by atoms with Crippen LogP contribution in [-0.4, -0.2) is 15.9 Å². The number of nitrogens with one attached hydrogen (secondary N) is 1. The summed E-state index contributed by atoms with van der Waals surface area (Å²) in [6.45, 7) is 1.88. The maximum Gasteiger partial charge on any atom is 0.276 e. The van der Waals surface area contributed by atoms with Gasteiger partial charge in [0.2, 0.25) is 0 Å². The molecular weight excluding hydrogens is 290 g/mol. The van der Waals surface area contributed by atoms with Crippen molar-refractivity contribution in [3.05, 3.63) is 52.5 Å². The highest BCUT2D eigenvalue weighted by molar-refractivity contribution is 7.20. The Morgan fingerprint density at radius 2 is 2.05 bits per heavy atom. The van der Waals surface area contributed by atoms with Gasteiger partial charge < -0.3 is 5.32 Å². The van der Waals surface area contributed by atoms with E-state index in [2.05, 4.69) is 15.3 Å². The molecule has 0 aliphatic heterocycles. The Balaban J connectivity index is 1.78. The number of pyridine rings is 1. The first-order valence-electron chi connectivity index (χ1n) is 5.97. The highest BCUT2D eigenvalue weighted by atomic mass is 32.1. The molecule has 0 saturated heterocycles. The first kappa shape index (κ1) is 13.0. The quantitative estimate of drug-likeness (QED) is 0.800. The summed E-state index contributed by atoms with van der Waals surface area (Å²) in [5.41, 5.74) is 1.28. The molecule has 20 heavy (non-hydrogen) atoms. The van der Waals surface area contributed by atoms with Crippen molar-refractivity contribution in [1.82, 2.24) is 9.97 Å². The molecule has 100 valence electrons. The highest BCUT2D eigenvalue weighted by Gasteiger charge is 2.13. The van der Waals surface area contributed by atoms with Gasteiger partial charge in [-0.1, -0.05) is 12.1 Å².